The third-order valence-electron chi connectivity index (χ3n) is 1.97. The lowest BCUT2D eigenvalue weighted by atomic mass is 10.3. The van der Waals surface area contributed by atoms with E-state index in [0.717, 1.165) is 0 Å². The summed E-state index contributed by atoms with van der Waals surface area (Å²) in [5, 5.41) is 0. The number of hydrogen-bond acceptors (Lipinski definition) is 1. The first-order valence-corrected chi connectivity index (χ1v) is 4.37. The van der Waals surface area contributed by atoms with Crippen molar-refractivity contribution in [3.63, 3.8) is 0 Å². The van der Waals surface area contributed by atoms with Gasteiger partial charge in [-0.3, -0.25) is 4.79 Å². The molecule has 1 aliphatic rings. The monoisotopic (exact) mass is 195 g/mol. The summed E-state index contributed by atoms with van der Waals surface area (Å²) in [6.07, 6.45) is 0.597. The van der Waals surface area contributed by atoms with Crippen LogP contribution in [0, 0.1) is 5.92 Å². The first-order chi connectivity index (χ1) is 4.99. The van der Waals surface area contributed by atoms with Gasteiger partial charge in [0.25, 0.3) is 0 Å². The molecule has 1 aliphatic carbocycles. The van der Waals surface area contributed by atoms with Crippen molar-refractivity contribution in [1.82, 2.24) is 4.90 Å². The number of amides is 1. The number of rotatable bonds is 2. The van der Waals surface area contributed by atoms with E-state index in [1.807, 2.05) is 6.92 Å². The Labute approximate surface area is 76.5 Å². The number of hydrogen-bond donors (Lipinski definition) is 0. The van der Waals surface area contributed by atoms with E-state index in [1.54, 1.807) is 11.9 Å². The Hall–Kier alpha value is 0.0500. The highest BCUT2D eigenvalue weighted by Gasteiger charge is 2.56. The minimum Gasteiger partial charge on any atom is -0.346 e. The van der Waals surface area contributed by atoms with E-state index in [4.69, 9.17) is 23.2 Å². The minimum atomic E-state index is -0.777. The van der Waals surface area contributed by atoms with E-state index < -0.39 is 4.33 Å². The van der Waals surface area contributed by atoms with Crippen LogP contribution in [0.2, 0.25) is 0 Å². The van der Waals surface area contributed by atoms with Gasteiger partial charge < -0.3 is 4.90 Å². The second-order valence-corrected chi connectivity index (χ2v) is 4.41. The van der Waals surface area contributed by atoms with E-state index in [9.17, 15) is 4.79 Å². The maximum Gasteiger partial charge on any atom is 0.228 e. The lowest BCUT2D eigenvalue weighted by molar-refractivity contribution is -0.131. The summed E-state index contributed by atoms with van der Waals surface area (Å²) in [7, 11) is 1.75. The van der Waals surface area contributed by atoms with Crippen molar-refractivity contribution < 1.29 is 4.79 Å². The predicted molar refractivity (Wildman–Crippen MR) is 45.9 cm³/mol. The first-order valence-electron chi connectivity index (χ1n) is 3.62. The topological polar surface area (TPSA) is 20.3 Å². The molecule has 1 atom stereocenters. The number of carbonyl (C=O) groups excluding carboxylic acids is 1. The smallest absolute Gasteiger partial charge is 0.228 e. The molecule has 0 bridgehead atoms. The maximum atomic E-state index is 11.3. The van der Waals surface area contributed by atoms with Crippen LogP contribution in [0.15, 0.2) is 0 Å². The number of halogens is 2. The van der Waals surface area contributed by atoms with E-state index in [2.05, 4.69) is 0 Å². The lowest BCUT2D eigenvalue weighted by Crippen LogP contribution is -2.29. The Balaban J connectivity index is 2.46. The Morgan fingerprint density at radius 2 is 2.18 bits per heavy atom. The Kier molecular flexibility index (Phi) is 2.35. The molecule has 2 nitrogen and oxygen atoms in total. The van der Waals surface area contributed by atoms with Gasteiger partial charge in [0, 0.05) is 13.6 Å². The van der Waals surface area contributed by atoms with Gasteiger partial charge in [0.15, 0.2) is 0 Å². The third-order valence-corrected chi connectivity index (χ3v) is 2.81. The summed E-state index contributed by atoms with van der Waals surface area (Å²) in [5.74, 6) is -0.117. The van der Waals surface area contributed by atoms with Gasteiger partial charge in [-0.05, 0) is 13.3 Å². The molecule has 11 heavy (non-hydrogen) atoms. The summed E-state index contributed by atoms with van der Waals surface area (Å²) < 4.78 is -0.777. The molecule has 0 saturated heterocycles. The summed E-state index contributed by atoms with van der Waals surface area (Å²) in [6, 6.07) is 0. The average Bonchev–Trinajstić information content (AvgIpc) is 2.56. The van der Waals surface area contributed by atoms with Crippen molar-refractivity contribution in [1.29, 1.82) is 0 Å². The highest BCUT2D eigenvalue weighted by Crippen LogP contribution is 2.53. The highest BCUT2D eigenvalue weighted by molar-refractivity contribution is 6.52. The molecule has 0 heterocycles. The molecular weight excluding hydrogens is 185 g/mol. The molecule has 4 heteroatoms. The molecule has 0 aromatic rings. The van der Waals surface area contributed by atoms with Gasteiger partial charge >= 0.3 is 0 Å². The molecule has 1 fully saturated rings. The first kappa shape index (κ1) is 9.14. The Bertz CT molecular complexity index is 181. The number of nitrogens with zero attached hydrogens (tertiary/aromatic N) is 1. The SMILES string of the molecule is CCN(C)C(=O)C1CC1(Cl)Cl. The van der Waals surface area contributed by atoms with E-state index in [1.165, 1.54) is 0 Å². The molecule has 0 aromatic heterocycles. The normalized spacial score (nSPS) is 26.4. The fourth-order valence-electron chi connectivity index (χ4n) is 0.903. The van der Waals surface area contributed by atoms with Gasteiger partial charge in [0.05, 0.1) is 5.92 Å². The van der Waals surface area contributed by atoms with Crippen LogP contribution in [-0.4, -0.2) is 28.7 Å². The van der Waals surface area contributed by atoms with Crippen LogP contribution < -0.4 is 0 Å². The van der Waals surface area contributed by atoms with Crippen molar-refractivity contribution in [3.8, 4) is 0 Å². The largest absolute Gasteiger partial charge is 0.346 e. The lowest BCUT2D eigenvalue weighted by Gasteiger charge is -2.13. The zero-order chi connectivity index (χ0) is 8.65. The zero-order valence-electron chi connectivity index (χ0n) is 6.60. The second kappa shape index (κ2) is 2.83. The second-order valence-electron chi connectivity index (χ2n) is 2.87. The van der Waals surface area contributed by atoms with Crippen LogP contribution in [0.1, 0.15) is 13.3 Å². The molecule has 1 amide bonds. The van der Waals surface area contributed by atoms with Crippen LogP contribution in [0.4, 0.5) is 0 Å². The van der Waals surface area contributed by atoms with Gasteiger partial charge in [0.2, 0.25) is 5.91 Å². The molecule has 0 N–H and O–H groups in total. The molecule has 0 aliphatic heterocycles. The molecule has 64 valence electrons. The van der Waals surface area contributed by atoms with Crippen molar-refractivity contribution in [3.05, 3.63) is 0 Å². The van der Waals surface area contributed by atoms with Crippen LogP contribution in [0.25, 0.3) is 0 Å². The maximum absolute atomic E-state index is 11.3. The average molecular weight is 196 g/mol. The van der Waals surface area contributed by atoms with E-state index in [0.29, 0.717) is 13.0 Å². The van der Waals surface area contributed by atoms with Gasteiger partial charge in [-0.25, -0.2) is 0 Å². The molecular formula is C7H11Cl2NO. The zero-order valence-corrected chi connectivity index (χ0v) is 8.11. The van der Waals surface area contributed by atoms with Crippen molar-refractivity contribution >= 4 is 29.1 Å². The summed E-state index contributed by atoms with van der Waals surface area (Å²) in [4.78, 5) is 12.9. The van der Waals surface area contributed by atoms with Crippen molar-refractivity contribution in [2.75, 3.05) is 13.6 Å². The summed E-state index contributed by atoms with van der Waals surface area (Å²) in [6.45, 7) is 2.63. The highest BCUT2D eigenvalue weighted by atomic mass is 35.5. The fraction of sp³-hybridized carbons (Fsp3) is 0.857. The minimum absolute atomic E-state index is 0.0532. The third kappa shape index (κ3) is 1.79. The van der Waals surface area contributed by atoms with Crippen LogP contribution in [0.5, 0.6) is 0 Å². The quantitative estimate of drug-likeness (QED) is 0.615. The van der Waals surface area contributed by atoms with Crippen LogP contribution >= 0.6 is 23.2 Å². The summed E-state index contributed by atoms with van der Waals surface area (Å²) >= 11 is 11.4. The predicted octanol–water partition coefficient (Wildman–Crippen LogP) is 1.66. The standard InChI is InChI=1S/C7H11Cl2NO/c1-3-10(2)6(11)5-4-7(5,8)9/h5H,3-4H2,1-2H3. The fourth-order valence-corrected chi connectivity index (χ4v) is 1.40. The van der Waals surface area contributed by atoms with Gasteiger partial charge in [-0.15, -0.1) is 23.2 Å². The van der Waals surface area contributed by atoms with E-state index >= 15 is 0 Å². The van der Waals surface area contributed by atoms with E-state index in [-0.39, 0.29) is 11.8 Å². The molecule has 0 radical (unpaired) electrons. The molecule has 1 rings (SSSR count). The van der Waals surface area contributed by atoms with Gasteiger partial charge in [-0.1, -0.05) is 0 Å². The number of alkyl halides is 2. The van der Waals surface area contributed by atoms with Crippen molar-refractivity contribution in [2.24, 2.45) is 5.92 Å². The van der Waals surface area contributed by atoms with Crippen molar-refractivity contribution in [2.45, 2.75) is 17.7 Å². The summed E-state index contributed by atoms with van der Waals surface area (Å²) in [5.41, 5.74) is 0. The molecule has 1 saturated carbocycles. The van der Waals surface area contributed by atoms with Crippen LogP contribution in [0.3, 0.4) is 0 Å². The van der Waals surface area contributed by atoms with Gasteiger partial charge in [-0.2, -0.15) is 0 Å². The Morgan fingerprint density at radius 3 is 2.45 bits per heavy atom. The van der Waals surface area contributed by atoms with Crippen LogP contribution in [-0.2, 0) is 4.79 Å². The number of carbonyl (C=O) groups is 1. The molecule has 1 unspecified atom stereocenters. The Morgan fingerprint density at radius 1 is 1.73 bits per heavy atom. The van der Waals surface area contributed by atoms with Gasteiger partial charge in [0.1, 0.15) is 4.33 Å². The molecule has 0 aromatic carbocycles. The molecule has 0 spiro atoms.